The molecule has 1 N–H and O–H groups in total. The quantitative estimate of drug-likeness (QED) is 0.699. The molecule has 1 atom stereocenters. The number of amides is 1. The molecule has 0 radical (unpaired) electrons. The first-order chi connectivity index (χ1) is 13.4. The third kappa shape index (κ3) is 4.41. The summed E-state index contributed by atoms with van der Waals surface area (Å²) in [4.78, 5) is 12.5. The second-order valence-corrected chi connectivity index (χ2v) is 8.69. The molecule has 1 aliphatic carbocycles. The van der Waals surface area contributed by atoms with Crippen LogP contribution in [0.3, 0.4) is 0 Å². The highest BCUT2D eigenvalue weighted by Gasteiger charge is 2.30. The normalized spacial score (nSPS) is 17.2. The number of rotatable bonds is 7. The van der Waals surface area contributed by atoms with Gasteiger partial charge in [0.2, 0.25) is 11.7 Å². The zero-order valence-electron chi connectivity index (χ0n) is 16.6. The van der Waals surface area contributed by atoms with E-state index in [2.05, 4.69) is 26.2 Å². The summed E-state index contributed by atoms with van der Waals surface area (Å²) in [5.74, 6) is 1.42. The van der Waals surface area contributed by atoms with E-state index in [1.165, 1.54) is 31.0 Å². The Bertz CT molecular complexity index is 833. The number of aromatic nitrogens is 3. The lowest BCUT2D eigenvalue weighted by atomic mass is 9.90. The third-order valence-corrected chi connectivity index (χ3v) is 6.41. The van der Waals surface area contributed by atoms with Gasteiger partial charge in [0.25, 0.3) is 0 Å². The Hall–Kier alpha value is -2.27. The fourth-order valence-electron chi connectivity index (χ4n) is 3.37. The average molecular weight is 402 g/mol. The first kappa shape index (κ1) is 20.5. The van der Waals surface area contributed by atoms with Crippen LogP contribution in [0.5, 0.6) is 0 Å². The number of hydrogen-bond acceptors (Lipinski definition) is 6. The van der Waals surface area contributed by atoms with Crippen LogP contribution in [-0.4, -0.2) is 32.0 Å². The number of furan rings is 1. The fourth-order valence-corrected chi connectivity index (χ4v) is 4.18. The summed E-state index contributed by atoms with van der Waals surface area (Å²) in [7, 11) is 0. The summed E-state index contributed by atoms with van der Waals surface area (Å²) in [6.45, 7) is 5.59. The highest BCUT2D eigenvalue weighted by molar-refractivity contribution is 7.99. The molecule has 0 spiro atoms. The number of nitrogens with one attached hydrogen (secondary N) is 1. The van der Waals surface area contributed by atoms with Gasteiger partial charge in [0.05, 0.1) is 18.1 Å². The van der Waals surface area contributed by atoms with Gasteiger partial charge in [-0.2, -0.15) is 5.26 Å². The Morgan fingerprint density at radius 3 is 2.79 bits per heavy atom. The Kier molecular flexibility index (Phi) is 6.45. The molecule has 1 aliphatic rings. The topological polar surface area (TPSA) is 96.7 Å². The Morgan fingerprint density at radius 1 is 1.43 bits per heavy atom. The van der Waals surface area contributed by atoms with Crippen molar-refractivity contribution in [3.8, 4) is 17.7 Å². The van der Waals surface area contributed by atoms with E-state index in [0.29, 0.717) is 17.6 Å². The molecule has 28 heavy (non-hydrogen) atoms. The van der Waals surface area contributed by atoms with Gasteiger partial charge in [-0.15, -0.1) is 10.2 Å². The van der Waals surface area contributed by atoms with Crippen molar-refractivity contribution >= 4 is 17.7 Å². The van der Waals surface area contributed by atoms with E-state index in [9.17, 15) is 10.1 Å². The van der Waals surface area contributed by atoms with E-state index in [-0.39, 0.29) is 17.6 Å². The molecule has 0 bridgehead atoms. The van der Waals surface area contributed by atoms with Crippen molar-refractivity contribution < 1.29 is 9.21 Å². The molecular weight excluding hydrogens is 374 g/mol. The summed E-state index contributed by atoms with van der Waals surface area (Å²) >= 11 is 1.36. The minimum absolute atomic E-state index is 0.0166. The number of carbonyl (C=O) groups is 1. The lowest BCUT2D eigenvalue weighted by molar-refractivity contribution is -0.120. The summed E-state index contributed by atoms with van der Waals surface area (Å²) in [6, 6.07) is 6.24. The molecule has 2 heterocycles. The highest BCUT2D eigenvalue weighted by atomic mass is 32.2. The molecule has 0 aliphatic heterocycles. The van der Waals surface area contributed by atoms with Crippen LogP contribution >= 0.6 is 11.8 Å². The molecule has 1 unspecified atom stereocenters. The van der Waals surface area contributed by atoms with Gasteiger partial charge in [0, 0.05) is 6.04 Å². The van der Waals surface area contributed by atoms with E-state index in [0.717, 1.165) is 18.0 Å². The summed E-state index contributed by atoms with van der Waals surface area (Å²) < 4.78 is 7.68. The third-order valence-electron chi connectivity index (χ3n) is 5.46. The van der Waals surface area contributed by atoms with Gasteiger partial charge in [-0.05, 0) is 37.8 Å². The van der Waals surface area contributed by atoms with Gasteiger partial charge in [-0.25, -0.2) is 0 Å². The second-order valence-electron chi connectivity index (χ2n) is 7.75. The molecular formula is C20H27N5O2S. The zero-order chi connectivity index (χ0) is 20.1. The largest absolute Gasteiger partial charge is 0.461 e. The molecule has 0 saturated heterocycles. The molecule has 7 nitrogen and oxygen atoms in total. The van der Waals surface area contributed by atoms with E-state index in [1.807, 2.05) is 26.0 Å². The van der Waals surface area contributed by atoms with Gasteiger partial charge < -0.3 is 9.73 Å². The predicted octanol–water partition coefficient (Wildman–Crippen LogP) is 4.19. The maximum Gasteiger partial charge on any atom is 0.231 e. The minimum Gasteiger partial charge on any atom is -0.461 e. The fraction of sp³-hybridized carbons (Fsp3) is 0.600. The lowest BCUT2D eigenvalue weighted by Gasteiger charge is -2.27. The second kappa shape index (κ2) is 8.82. The summed E-state index contributed by atoms with van der Waals surface area (Å²) in [6.07, 6.45) is 7.39. The standard InChI is InChI=1S/C20H27N5O2S/c1-14(2)20(3,13-21)22-17(26)12-28-19-24-23-18(16-10-7-11-27-16)25(19)15-8-5-4-6-9-15/h7,10-11,14-15H,4-6,8-9,12H2,1-3H3,(H,22,26). The molecule has 1 amide bonds. The van der Waals surface area contributed by atoms with Crippen LogP contribution in [-0.2, 0) is 4.79 Å². The van der Waals surface area contributed by atoms with Gasteiger partial charge in [0.15, 0.2) is 10.9 Å². The van der Waals surface area contributed by atoms with Crippen molar-refractivity contribution in [1.29, 1.82) is 5.26 Å². The van der Waals surface area contributed by atoms with Crippen LogP contribution in [0, 0.1) is 17.2 Å². The molecule has 1 saturated carbocycles. The maximum atomic E-state index is 12.5. The first-order valence-corrected chi connectivity index (χ1v) is 10.8. The molecule has 150 valence electrons. The van der Waals surface area contributed by atoms with E-state index < -0.39 is 5.54 Å². The number of carbonyl (C=O) groups excluding carboxylic acids is 1. The predicted molar refractivity (Wildman–Crippen MR) is 108 cm³/mol. The lowest BCUT2D eigenvalue weighted by Crippen LogP contribution is -2.49. The van der Waals surface area contributed by atoms with Gasteiger partial charge in [-0.3, -0.25) is 9.36 Å². The molecule has 3 rings (SSSR count). The van der Waals surface area contributed by atoms with Crippen molar-refractivity contribution in [2.24, 2.45) is 5.92 Å². The Balaban J connectivity index is 1.77. The van der Waals surface area contributed by atoms with Crippen molar-refractivity contribution in [2.45, 2.75) is 69.6 Å². The summed E-state index contributed by atoms with van der Waals surface area (Å²) in [5, 5.41) is 21.7. The van der Waals surface area contributed by atoms with Gasteiger partial charge in [0.1, 0.15) is 5.54 Å². The van der Waals surface area contributed by atoms with Crippen molar-refractivity contribution in [3.63, 3.8) is 0 Å². The van der Waals surface area contributed by atoms with Gasteiger partial charge in [-0.1, -0.05) is 44.9 Å². The number of nitriles is 1. The smallest absolute Gasteiger partial charge is 0.231 e. The maximum absolute atomic E-state index is 12.5. The van der Waals surface area contributed by atoms with E-state index in [4.69, 9.17) is 4.42 Å². The molecule has 2 aromatic rings. The highest BCUT2D eigenvalue weighted by Crippen LogP contribution is 2.35. The first-order valence-electron chi connectivity index (χ1n) is 9.78. The van der Waals surface area contributed by atoms with E-state index >= 15 is 0 Å². The number of hydrogen-bond donors (Lipinski definition) is 1. The van der Waals surface area contributed by atoms with Crippen molar-refractivity contribution in [2.75, 3.05) is 5.75 Å². The zero-order valence-corrected chi connectivity index (χ0v) is 17.5. The summed E-state index contributed by atoms with van der Waals surface area (Å²) in [5.41, 5.74) is -0.881. The van der Waals surface area contributed by atoms with Gasteiger partial charge >= 0.3 is 0 Å². The van der Waals surface area contributed by atoms with Crippen molar-refractivity contribution in [1.82, 2.24) is 20.1 Å². The minimum atomic E-state index is -0.881. The molecule has 8 heteroatoms. The van der Waals surface area contributed by atoms with Crippen LogP contribution in [0.2, 0.25) is 0 Å². The monoisotopic (exact) mass is 401 g/mol. The SMILES string of the molecule is CC(C)C(C)(C#N)NC(=O)CSc1nnc(-c2ccco2)n1C1CCCCC1. The molecule has 1 fully saturated rings. The van der Waals surface area contributed by atoms with Crippen LogP contribution in [0.1, 0.15) is 58.9 Å². The van der Waals surface area contributed by atoms with Crippen LogP contribution in [0.15, 0.2) is 28.0 Å². The van der Waals surface area contributed by atoms with Crippen LogP contribution in [0.25, 0.3) is 11.6 Å². The average Bonchev–Trinajstić information content (AvgIpc) is 3.36. The molecule has 0 aromatic carbocycles. The Morgan fingerprint density at radius 2 is 2.18 bits per heavy atom. The van der Waals surface area contributed by atoms with Crippen LogP contribution < -0.4 is 5.32 Å². The molecule has 2 aromatic heterocycles. The van der Waals surface area contributed by atoms with Crippen LogP contribution in [0.4, 0.5) is 0 Å². The van der Waals surface area contributed by atoms with Crippen molar-refractivity contribution in [3.05, 3.63) is 18.4 Å². The Labute approximate surface area is 169 Å². The van der Waals surface area contributed by atoms with E-state index in [1.54, 1.807) is 13.2 Å². The number of nitrogens with zero attached hydrogens (tertiary/aromatic N) is 4. The number of thioether (sulfide) groups is 1.